The molecule has 2 aliphatic heterocycles. The predicted molar refractivity (Wildman–Crippen MR) is 118 cm³/mol. The van der Waals surface area contributed by atoms with E-state index in [0.717, 1.165) is 34.6 Å². The average Bonchev–Trinajstić information content (AvgIpc) is 3.29. The van der Waals surface area contributed by atoms with E-state index in [2.05, 4.69) is 18.2 Å². The van der Waals surface area contributed by atoms with E-state index in [9.17, 15) is 0 Å². The topological polar surface area (TPSA) is 52.5 Å². The van der Waals surface area contributed by atoms with Crippen molar-refractivity contribution in [1.29, 1.82) is 0 Å². The summed E-state index contributed by atoms with van der Waals surface area (Å²) in [5.74, 6) is 2.73. The Morgan fingerprint density at radius 3 is 2.23 bits per heavy atom. The Bertz CT molecular complexity index is 1130. The van der Waals surface area contributed by atoms with Crippen molar-refractivity contribution in [1.82, 2.24) is 5.01 Å². The van der Waals surface area contributed by atoms with Crippen molar-refractivity contribution >= 4 is 5.71 Å². The summed E-state index contributed by atoms with van der Waals surface area (Å²) in [6, 6.07) is 22.2. The van der Waals surface area contributed by atoms with Crippen LogP contribution >= 0.6 is 0 Å². The number of hydrogen-bond donors (Lipinski definition) is 0. The third kappa shape index (κ3) is 3.24. The van der Waals surface area contributed by atoms with Gasteiger partial charge >= 0.3 is 0 Å². The second-order valence-electron chi connectivity index (χ2n) is 7.47. The minimum absolute atomic E-state index is 0.0722. The van der Waals surface area contributed by atoms with Crippen molar-refractivity contribution in [3.8, 4) is 23.0 Å². The highest BCUT2D eigenvalue weighted by Crippen LogP contribution is 2.50. The van der Waals surface area contributed by atoms with Crippen LogP contribution in [0.2, 0.25) is 0 Å². The highest BCUT2D eigenvalue weighted by molar-refractivity contribution is 6.01. The summed E-state index contributed by atoms with van der Waals surface area (Å²) in [6.07, 6.45) is 0.340. The van der Waals surface area contributed by atoms with Crippen LogP contribution in [0.25, 0.3) is 0 Å². The predicted octanol–water partition coefficient (Wildman–Crippen LogP) is 4.95. The minimum atomic E-state index is -0.462. The lowest BCUT2D eigenvalue weighted by Crippen LogP contribution is -2.34. The zero-order valence-corrected chi connectivity index (χ0v) is 17.7. The molecule has 0 amide bonds. The van der Waals surface area contributed by atoms with Crippen LogP contribution < -0.4 is 18.9 Å². The molecule has 2 atom stereocenters. The smallest absolute Gasteiger partial charge is 0.217 e. The quantitative estimate of drug-likeness (QED) is 0.589. The van der Waals surface area contributed by atoms with Crippen LogP contribution in [0.4, 0.5) is 0 Å². The van der Waals surface area contributed by atoms with E-state index < -0.39 is 6.23 Å². The lowest BCUT2D eigenvalue weighted by molar-refractivity contribution is -0.0205. The van der Waals surface area contributed by atoms with E-state index in [1.165, 1.54) is 0 Å². The SMILES string of the molecule is COc1cc(OC)c([C@H]2Oc3ccccc3[C@H]3CC(c4ccccc4)=NN32)cc1OC. The van der Waals surface area contributed by atoms with Crippen molar-refractivity contribution in [3.63, 3.8) is 0 Å². The molecule has 6 heteroatoms. The Balaban J connectivity index is 1.64. The first-order valence-corrected chi connectivity index (χ1v) is 10.2. The number of nitrogens with zero attached hydrogens (tertiary/aromatic N) is 2. The standard InChI is InChI=1S/C25H24N2O4/c1-28-22-15-24(30-3)23(29-2)13-18(22)25-27-20(17-11-7-8-12-21(17)31-25)14-19(26-27)16-9-5-4-6-10-16/h4-13,15,20,25H,14H2,1-3H3/t20-,25-/m1/s1. The Morgan fingerprint density at radius 2 is 1.48 bits per heavy atom. The van der Waals surface area contributed by atoms with Crippen LogP contribution in [0.5, 0.6) is 23.0 Å². The Hall–Kier alpha value is -3.67. The third-order valence-corrected chi connectivity index (χ3v) is 5.81. The number of methoxy groups -OCH3 is 3. The number of benzene rings is 3. The molecule has 5 rings (SSSR count). The van der Waals surface area contributed by atoms with E-state index in [4.69, 9.17) is 24.0 Å². The summed E-state index contributed by atoms with van der Waals surface area (Å²) < 4.78 is 23.2. The van der Waals surface area contributed by atoms with Gasteiger partial charge in [0.25, 0.3) is 0 Å². The first-order valence-electron chi connectivity index (χ1n) is 10.2. The molecule has 0 spiro atoms. The van der Waals surface area contributed by atoms with Gasteiger partial charge in [-0.3, -0.25) is 0 Å². The van der Waals surface area contributed by atoms with Gasteiger partial charge in [-0.15, -0.1) is 0 Å². The summed E-state index contributed by atoms with van der Waals surface area (Å²) in [6.45, 7) is 0. The molecule has 0 radical (unpaired) electrons. The number of hydrogen-bond acceptors (Lipinski definition) is 6. The molecule has 0 saturated carbocycles. The van der Waals surface area contributed by atoms with Gasteiger partial charge in [-0.1, -0.05) is 48.5 Å². The molecule has 0 N–H and O–H groups in total. The van der Waals surface area contributed by atoms with Gasteiger partial charge in [0, 0.05) is 18.1 Å². The van der Waals surface area contributed by atoms with Crippen molar-refractivity contribution in [2.45, 2.75) is 18.7 Å². The van der Waals surface area contributed by atoms with E-state index >= 15 is 0 Å². The van der Waals surface area contributed by atoms with Crippen molar-refractivity contribution in [3.05, 3.63) is 83.4 Å². The molecule has 0 aromatic heterocycles. The van der Waals surface area contributed by atoms with Gasteiger partial charge in [0.05, 0.1) is 38.6 Å². The molecule has 3 aromatic carbocycles. The summed E-state index contributed by atoms with van der Waals surface area (Å²) in [5.41, 5.74) is 4.12. The van der Waals surface area contributed by atoms with Crippen molar-refractivity contribution < 1.29 is 18.9 Å². The minimum Gasteiger partial charge on any atom is -0.496 e. The van der Waals surface area contributed by atoms with E-state index in [-0.39, 0.29) is 6.04 Å². The van der Waals surface area contributed by atoms with Gasteiger partial charge in [-0.25, -0.2) is 5.01 Å². The lowest BCUT2D eigenvalue weighted by atomic mass is 9.96. The van der Waals surface area contributed by atoms with E-state index in [1.807, 2.05) is 53.5 Å². The maximum absolute atomic E-state index is 6.47. The highest BCUT2D eigenvalue weighted by atomic mass is 16.5. The largest absolute Gasteiger partial charge is 0.496 e. The Kier molecular flexibility index (Phi) is 4.90. The first-order chi connectivity index (χ1) is 15.2. The summed E-state index contributed by atoms with van der Waals surface area (Å²) in [4.78, 5) is 0. The van der Waals surface area contributed by atoms with Gasteiger partial charge < -0.3 is 18.9 Å². The number of fused-ring (bicyclic) bond motifs is 3. The number of hydrazone groups is 1. The van der Waals surface area contributed by atoms with E-state index in [0.29, 0.717) is 17.2 Å². The first kappa shape index (κ1) is 19.3. The van der Waals surface area contributed by atoms with Gasteiger partial charge in [0.2, 0.25) is 6.23 Å². The molecule has 0 bridgehead atoms. The number of rotatable bonds is 5. The normalized spacial score (nSPS) is 19.1. The van der Waals surface area contributed by atoms with Crippen molar-refractivity contribution in [2.75, 3.05) is 21.3 Å². The molecule has 0 aliphatic carbocycles. The van der Waals surface area contributed by atoms with E-state index in [1.54, 1.807) is 21.3 Å². The lowest BCUT2D eigenvalue weighted by Gasteiger charge is -2.38. The summed E-state index contributed by atoms with van der Waals surface area (Å²) >= 11 is 0. The highest BCUT2D eigenvalue weighted by Gasteiger charge is 2.42. The summed E-state index contributed by atoms with van der Waals surface area (Å²) in [5, 5.41) is 7.04. The molecule has 0 saturated heterocycles. The molecule has 0 fully saturated rings. The van der Waals surface area contributed by atoms with Gasteiger partial charge in [0.15, 0.2) is 11.5 Å². The number of para-hydroxylation sites is 1. The molecule has 31 heavy (non-hydrogen) atoms. The molecule has 3 aromatic rings. The summed E-state index contributed by atoms with van der Waals surface area (Å²) in [7, 11) is 4.87. The molecule has 6 nitrogen and oxygen atoms in total. The zero-order chi connectivity index (χ0) is 21.4. The Morgan fingerprint density at radius 1 is 0.806 bits per heavy atom. The Labute approximate surface area is 181 Å². The molecule has 0 unspecified atom stereocenters. The van der Waals surface area contributed by atoms with Crippen LogP contribution in [0.15, 0.2) is 71.8 Å². The third-order valence-electron chi connectivity index (χ3n) is 5.81. The molecular weight excluding hydrogens is 392 g/mol. The molecule has 158 valence electrons. The van der Waals surface area contributed by atoms with Crippen LogP contribution in [0, 0.1) is 0 Å². The molecule has 2 heterocycles. The van der Waals surface area contributed by atoms with Crippen LogP contribution in [-0.2, 0) is 0 Å². The second kappa shape index (κ2) is 7.87. The fourth-order valence-corrected chi connectivity index (χ4v) is 4.29. The van der Waals surface area contributed by atoms with Crippen LogP contribution in [-0.4, -0.2) is 32.0 Å². The average molecular weight is 416 g/mol. The van der Waals surface area contributed by atoms with Gasteiger partial charge in [-0.05, 0) is 17.7 Å². The second-order valence-corrected chi connectivity index (χ2v) is 7.47. The fraction of sp³-hybridized carbons (Fsp3) is 0.240. The van der Waals surface area contributed by atoms with Crippen molar-refractivity contribution in [2.24, 2.45) is 5.10 Å². The van der Waals surface area contributed by atoms with Gasteiger partial charge in [-0.2, -0.15) is 5.10 Å². The number of ether oxygens (including phenoxy) is 4. The van der Waals surface area contributed by atoms with Crippen LogP contribution in [0.3, 0.4) is 0 Å². The molecular formula is C25H24N2O4. The fourth-order valence-electron chi connectivity index (χ4n) is 4.29. The van der Waals surface area contributed by atoms with Gasteiger partial charge in [0.1, 0.15) is 11.5 Å². The zero-order valence-electron chi connectivity index (χ0n) is 17.7. The maximum atomic E-state index is 6.47. The molecule has 2 aliphatic rings. The maximum Gasteiger partial charge on any atom is 0.217 e. The monoisotopic (exact) mass is 416 g/mol. The van der Waals surface area contributed by atoms with Crippen LogP contribution in [0.1, 0.15) is 35.4 Å².